The zero-order chi connectivity index (χ0) is 28.7. The van der Waals surface area contributed by atoms with Gasteiger partial charge in [-0.3, -0.25) is 4.98 Å². The first-order valence-electron chi connectivity index (χ1n) is 12.0. The number of fused-ring (bicyclic) bond motifs is 1. The van der Waals surface area contributed by atoms with E-state index in [0.29, 0.717) is 11.9 Å². The van der Waals surface area contributed by atoms with E-state index in [1.165, 1.54) is 42.6 Å². The van der Waals surface area contributed by atoms with Crippen molar-refractivity contribution < 1.29 is 34.8 Å². The predicted molar refractivity (Wildman–Crippen MR) is 137 cm³/mol. The van der Waals surface area contributed by atoms with Crippen molar-refractivity contribution >= 4 is 32.2 Å². The van der Waals surface area contributed by atoms with Crippen LogP contribution in [0.1, 0.15) is 17.0 Å². The summed E-state index contributed by atoms with van der Waals surface area (Å²) in [6.07, 6.45) is -8.02. The summed E-state index contributed by atoms with van der Waals surface area (Å²) in [6.45, 7) is 0.488. The molecule has 1 aliphatic heterocycles. The van der Waals surface area contributed by atoms with Gasteiger partial charge in [0.25, 0.3) is 0 Å². The van der Waals surface area contributed by atoms with Gasteiger partial charge in [0.05, 0.1) is 33.3 Å². The highest BCUT2D eigenvalue weighted by Gasteiger charge is 2.35. The van der Waals surface area contributed by atoms with Gasteiger partial charge in [-0.25, -0.2) is 18.4 Å². The molecule has 1 aliphatic rings. The topological polar surface area (TPSA) is 96.9 Å². The van der Waals surface area contributed by atoms with Crippen LogP contribution in [0.5, 0.6) is 0 Å². The number of sulfone groups is 1. The number of pyridine rings is 1. The van der Waals surface area contributed by atoms with E-state index in [4.69, 9.17) is 0 Å². The summed E-state index contributed by atoms with van der Waals surface area (Å²) in [7, 11) is -3.44. The number of nitrogens with zero attached hydrogens (tertiary/aromatic N) is 3. The second kappa shape index (κ2) is 10.3. The Morgan fingerprint density at radius 1 is 0.950 bits per heavy atom. The largest absolute Gasteiger partial charge is 0.418 e. The second-order valence-corrected chi connectivity index (χ2v) is 11.6. The standard InChI is InChI=1S/C26H21F6N5O2S/c27-25(28,29)16-4-6-17(7-5-16)35-24-19-8-3-15(23-20(26(30,31)32)2-1-9-34-23)12-21(19)36-22(37-24)13-18-14-33-10-11-40(18,38)39/h1-9,12,18,33H,10-11,13-14H2,(H,35,36,37). The van der Waals surface area contributed by atoms with E-state index in [2.05, 4.69) is 25.6 Å². The molecule has 210 valence electrons. The van der Waals surface area contributed by atoms with E-state index < -0.39 is 38.6 Å². The minimum atomic E-state index is -4.66. The molecule has 1 atom stereocenters. The molecule has 0 bridgehead atoms. The van der Waals surface area contributed by atoms with Crippen molar-refractivity contribution in [2.45, 2.75) is 24.0 Å². The molecule has 2 N–H and O–H groups in total. The number of nitrogens with one attached hydrogen (secondary N) is 2. The maximum atomic E-state index is 13.6. The number of anilines is 2. The van der Waals surface area contributed by atoms with Crippen molar-refractivity contribution in [2.24, 2.45) is 0 Å². The molecule has 4 aromatic rings. The molecule has 0 spiro atoms. The maximum absolute atomic E-state index is 13.6. The lowest BCUT2D eigenvalue weighted by molar-refractivity contribution is -0.138. The van der Waals surface area contributed by atoms with Gasteiger partial charge in [0.2, 0.25) is 0 Å². The van der Waals surface area contributed by atoms with Gasteiger partial charge in [-0.05, 0) is 48.5 Å². The number of aromatic nitrogens is 3. The van der Waals surface area contributed by atoms with E-state index in [9.17, 15) is 34.8 Å². The molecule has 3 heterocycles. The quantitative estimate of drug-likeness (QED) is 0.305. The van der Waals surface area contributed by atoms with Gasteiger partial charge in [0.1, 0.15) is 11.6 Å². The van der Waals surface area contributed by atoms with Crippen molar-refractivity contribution in [3.05, 3.63) is 77.7 Å². The molecular formula is C26H21F6N5O2S. The molecule has 40 heavy (non-hydrogen) atoms. The SMILES string of the molecule is O=S1(=O)CCNCC1Cc1nc(Nc2ccc(C(F)(F)F)cc2)c2ccc(-c3ncccc3C(F)(F)F)cc2n1. The average molecular weight is 582 g/mol. The third-order valence-corrected chi connectivity index (χ3v) is 8.58. The van der Waals surface area contributed by atoms with Crippen molar-refractivity contribution in [2.75, 3.05) is 24.2 Å². The summed E-state index contributed by atoms with van der Waals surface area (Å²) in [5.41, 5.74) is -1.50. The van der Waals surface area contributed by atoms with Crippen LogP contribution in [0.25, 0.3) is 22.2 Å². The van der Waals surface area contributed by atoms with Crippen LogP contribution in [0.2, 0.25) is 0 Å². The van der Waals surface area contributed by atoms with Gasteiger partial charge >= 0.3 is 12.4 Å². The normalized spacial score (nSPS) is 17.6. The van der Waals surface area contributed by atoms with Crippen LogP contribution in [0.3, 0.4) is 0 Å². The smallest absolute Gasteiger partial charge is 0.340 e. The van der Waals surface area contributed by atoms with Crippen molar-refractivity contribution in [1.82, 2.24) is 20.3 Å². The number of benzene rings is 2. The fourth-order valence-electron chi connectivity index (χ4n) is 4.43. The molecule has 2 aromatic heterocycles. The molecule has 1 saturated heterocycles. The van der Waals surface area contributed by atoms with E-state index in [0.717, 1.165) is 18.2 Å². The summed E-state index contributed by atoms with van der Waals surface area (Å²) in [5.74, 6) is 0.198. The molecule has 1 unspecified atom stereocenters. The summed E-state index contributed by atoms with van der Waals surface area (Å²) in [4.78, 5) is 12.8. The van der Waals surface area contributed by atoms with Crippen LogP contribution < -0.4 is 10.6 Å². The van der Waals surface area contributed by atoms with E-state index in [1.807, 2.05) is 0 Å². The Bertz CT molecular complexity index is 1660. The average Bonchev–Trinajstić information content (AvgIpc) is 2.89. The Labute approximate surface area is 224 Å². The van der Waals surface area contributed by atoms with Gasteiger partial charge in [-0.2, -0.15) is 26.3 Å². The minimum Gasteiger partial charge on any atom is -0.340 e. The summed E-state index contributed by atoms with van der Waals surface area (Å²) in [5, 5.41) is 5.49. The molecule has 7 nitrogen and oxygen atoms in total. The van der Waals surface area contributed by atoms with Gasteiger partial charge in [-0.15, -0.1) is 0 Å². The molecule has 0 aliphatic carbocycles. The molecular weight excluding hydrogens is 560 g/mol. The Morgan fingerprint density at radius 3 is 2.38 bits per heavy atom. The van der Waals surface area contributed by atoms with Crippen LogP contribution >= 0.6 is 0 Å². The predicted octanol–water partition coefficient (Wildman–Crippen LogP) is 5.40. The lowest BCUT2D eigenvalue weighted by atomic mass is 10.0. The maximum Gasteiger partial charge on any atom is 0.418 e. The summed E-state index contributed by atoms with van der Waals surface area (Å²) in [6, 6.07) is 10.6. The van der Waals surface area contributed by atoms with Gasteiger partial charge in [0, 0.05) is 42.3 Å². The number of halogens is 6. The zero-order valence-electron chi connectivity index (χ0n) is 20.5. The van der Waals surface area contributed by atoms with Crippen LogP contribution in [-0.4, -0.2) is 47.5 Å². The highest BCUT2D eigenvalue weighted by Crippen LogP contribution is 2.37. The highest BCUT2D eigenvalue weighted by molar-refractivity contribution is 7.92. The van der Waals surface area contributed by atoms with Crippen LogP contribution in [0.15, 0.2) is 60.8 Å². The lowest BCUT2D eigenvalue weighted by Gasteiger charge is -2.23. The molecule has 0 radical (unpaired) electrons. The Balaban J connectivity index is 1.60. The van der Waals surface area contributed by atoms with Gasteiger partial charge in [0.15, 0.2) is 9.84 Å². The third kappa shape index (κ3) is 5.87. The fourth-order valence-corrected chi connectivity index (χ4v) is 5.97. The van der Waals surface area contributed by atoms with Gasteiger partial charge < -0.3 is 10.6 Å². The first-order chi connectivity index (χ1) is 18.8. The first kappa shape index (κ1) is 27.8. The second-order valence-electron chi connectivity index (χ2n) is 9.22. The lowest BCUT2D eigenvalue weighted by Crippen LogP contribution is -2.45. The molecule has 5 rings (SSSR count). The fraction of sp³-hybridized carbons (Fsp3) is 0.269. The summed E-state index contributed by atoms with van der Waals surface area (Å²) >= 11 is 0. The number of hydrogen-bond donors (Lipinski definition) is 2. The van der Waals surface area contributed by atoms with E-state index in [-0.39, 0.29) is 52.8 Å². The van der Waals surface area contributed by atoms with Crippen LogP contribution in [-0.2, 0) is 28.6 Å². The molecule has 0 saturated carbocycles. The van der Waals surface area contributed by atoms with Crippen molar-refractivity contribution in [3.8, 4) is 11.3 Å². The molecule has 14 heteroatoms. The monoisotopic (exact) mass is 581 g/mol. The number of rotatable bonds is 5. The van der Waals surface area contributed by atoms with Crippen LogP contribution in [0, 0.1) is 0 Å². The van der Waals surface area contributed by atoms with E-state index in [1.54, 1.807) is 0 Å². The van der Waals surface area contributed by atoms with Gasteiger partial charge in [-0.1, -0.05) is 6.07 Å². The molecule has 0 amide bonds. The Hall–Kier alpha value is -3.78. The number of hydrogen-bond acceptors (Lipinski definition) is 7. The molecule has 2 aromatic carbocycles. The Morgan fingerprint density at radius 2 is 1.70 bits per heavy atom. The summed E-state index contributed by atoms with van der Waals surface area (Å²) < 4.78 is 105. The highest BCUT2D eigenvalue weighted by atomic mass is 32.2. The number of alkyl halides is 6. The van der Waals surface area contributed by atoms with Crippen LogP contribution in [0.4, 0.5) is 37.8 Å². The van der Waals surface area contributed by atoms with Crippen molar-refractivity contribution in [1.29, 1.82) is 0 Å². The zero-order valence-corrected chi connectivity index (χ0v) is 21.3. The van der Waals surface area contributed by atoms with Crippen molar-refractivity contribution in [3.63, 3.8) is 0 Å². The molecule has 1 fully saturated rings. The van der Waals surface area contributed by atoms with E-state index >= 15 is 0 Å². The minimum absolute atomic E-state index is 0.0635. The third-order valence-electron chi connectivity index (χ3n) is 6.46. The first-order valence-corrected chi connectivity index (χ1v) is 13.7. The Kier molecular flexibility index (Phi) is 7.17.